The van der Waals surface area contributed by atoms with Crippen molar-refractivity contribution in [3.8, 4) is 0 Å². The SMILES string of the molecule is Cc1cccc(N2CCN(S(=O)(=O)c3nn(C)cc3C(=O)Nc3cccc(Br)c3)CC2)c1C. The Kier molecular flexibility index (Phi) is 6.60. The van der Waals surface area contributed by atoms with Gasteiger partial charge in [-0.15, -0.1) is 0 Å². The molecule has 2 heterocycles. The molecule has 3 aromatic rings. The van der Waals surface area contributed by atoms with Crippen molar-refractivity contribution in [2.75, 3.05) is 36.4 Å². The zero-order valence-electron chi connectivity index (χ0n) is 18.7. The van der Waals surface area contributed by atoms with E-state index in [4.69, 9.17) is 0 Å². The molecule has 1 fully saturated rings. The fourth-order valence-corrected chi connectivity index (χ4v) is 5.89. The van der Waals surface area contributed by atoms with Crippen molar-refractivity contribution in [2.24, 2.45) is 7.05 Å². The zero-order chi connectivity index (χ0) is 23.8. The molecule has 0 unspecified atom stereocenters. The van der Waals surface area contributed by atoms with Gasteiger partial charge in [-0.3, -0.25) is 9.48 Å². The third-order valence-corrected chi connectivity index (χ3v) is 8.19. The summed E-state index contributed by atoms with van der Waals surface area (Å²) in [6.07, 6.45) is 1.44. The number of halogens is 1. The number of sulfonamides is 1. The minimum absolute atomic E-state index is 0.0226. The second-order valence-electron chi connectivity index (χ2n) is 8.10. The number of anilines is 2. The second-order valence-corrected chi connectivity index (χ2v) is 10.9. The Bertz CT molecular complexity index is 1300. The fraction of sp³-hybridized carbons (Fsp3) is 0.304. The van der Waals surface area contributed by atoms with Crippen LogP contribution in [-0.4, -0.2) is 54.6 Å². The average molecular weight is 532 g/mol. The van der Waals surface area contributed by atoms with Crippen LogP contribution in [0.3, 0.4) is 0 Å². The summed E-state index contributed by atoms with van der Waals surface area (Å²) in [5, 5.41) is 6.67. The molecule has 1 N–H and O–H groups in total. The van der Waals surface area contributed by atoms with Crippen LogP contribution in [0.2, 0.25) is 0 Å². The summed E-state index contributed by atoms with van der Waals surface area (Å²) in [5.74, 6) is -0.520. The predicted molar refractivity (Wildman–Crippen MR) is 132 cm³/mol. The van der Waals surface area contributed by atoms with Gasteiger partial charge in [-0.1, -0.05) is 34.1 Å². The van der Waals surface area contributed by atoms with Gasteiger partial charge in [0, 0.05) is 55.3 Å². The number of amides is 1. The molecule has 1 aliphatic heterocycles. The lowest BCUT2D eigenvalue weighted by Crippen LogP contribution is -2.49. The van der Waals surface area contributed by atoms with Gasteiger partial charge in [0.15, 0.2) is 0 Å². The molecule has 1 saturated heterocycles. The molecule has 0 aliphatic carbocycles. The van der Waals surface area contributed by atoms with E-state index in [9.17, 15) is 13.2 Å². The highest BCUT2D eigenvalue weighted by atomic mass is 79.9. The maximum absolute atomic E-state index is 13.4. The Balaban J connectivity index is 1.53. The first-order valence-corrected chi connectivity index (χ1v) is 12.8. The topological polar surface area (TPSA) is 87.5 Å². The Morgan fingerprint density at radius 3 is 2.45 bits per heavy atom. The molecule has 8 nitrogen and oxygen atoms in total. The quantitative estimate of drug-likeness (QED) is 0.543. The molecule has 0 atom stereocenters. The van der Waals surface area contributed by atoms with E-state index in [0.29, 0.717) is 31.9 Å². The average Bonchev–Trinajstić information content (AvgIpc) is 3.19. The molecule has 0 spiro atoms. The van der Waals surface area contributed by atoms with Crippen LogP contribution in [0.15, 0.2) is 58.2 Å². The number of carbonyl (C=O) groups is 1. The van der Waals surface area contributed by atoms with Gasteiger partial charge in [0.1, 0.15) is 0 Å². The molecule has 4 rings (SSSR count). The number of aromatic nitrogens is 2. The van der Waals surface area contributed by atoms with E-state index in [-0.39, 0.29) is 10.6 Å². The van der Waals surface area contributed by atoms with Crippen molar-refractivity contribution < 1.29 is 13.2 Å². The van der Waals surface area contributed by atoms with Crippen LogP contribution < -0.4 is 10.2 Å². The van der Waals surface area contributed by atoms with Crippen LogP contribution in [-0.2, 0) is 17.1 Å². The summed E-state index contributed by atoms with van der Waals surface area (Å²) in [4.78, 5) is 15.1. The number of aryl methyl sites for hydroxylation is 2. The molecule has 2 aromatic carbocycles. The summed E-state index contributed by atoms with van der Waals surface area (Å²) in [5.41, 5.74) is 4.11. The van der Waals surface area contributed by atoms with Crippen molar-refractivity contribution in [1.29, 1.82) is 0 Å². The summed E-state index contributed by atoms with van der Waals surface area (Å²) in [6, 6.07) is 13.3. The Hall–Kier alpha value is -2.69. The lowest BCUT2D eigenvalue weighted by atomic mass is 10.1. The van der Waals surface area contributed by atoms with Crippen molar-refractivity contribution in [1.82, 2.24) is 14.1 Å². The van der Waals surface area contributed by atoms with Gasteiger partial charge >= 0.3 is 0 Å². The minimum atomic E-state index is -3.94. The number of carbonyl (C=O) groups excluding carboxylic acids is 1. The van der Waals surface area contributed by atoms with Gasteiger partial charge in [-0.25, -0.2) is 8.42 Å². The lowest BCUT2D eigenvalue weighted by Gasteiger charge is -2.36. The highest BCUT2D eigenvalue weighted by Crippen LogP contribution is 2.26. The smallest absolute Gasteiger partial charge is 0.263 e. The molecule has 1 amide bonds. The molecule has 0 bridgehead atoms. The maximum atomic E-state index is 13.4. The van der Waals surface area contributed by atoms with Gasteiger partial charge < -0.3 is 10.2 Å². The first kappa shape index (κ1) is 23.5. The summed E-state index contributed by atoms with van der Waals surface area (Å²) in [6.45, 7) is 5.92. The van der Waals surface area contributed by atoms with Crippen molar-refractivity contribution in [3.63, 3.8) is 0 Å². The molecule has 0 saturated carbocycles. The van der Waals surface area contributed by atoms with E-state index in [1.54, 1.807) is 25.2 Å². The second kappa shape index (κ2) is 9.28. The van der Waals surface area contributed by atoms with Crippen molar-refractivity contribution in [3.05, 3.63) is 69.8 Å². The van der Waals surface area contributed by atoms with Gasteiger partial charge in [-0.2, -0.15) is 9.40 Å². The van der Waals surface area contributed by atoms with Crippen LogP contribution in [0.4, 0.5) is 11.4 Å². The Morgan fingerprint density at radius 2 is 1.76 bits per heavy atom. The summed E-state index contributed by atoms with van der Waals surface area (Å²) >= 11 is 3.37. The molecule has 0 radical (unpaired) electrons. The van der Waals surface area contributed by atoms with Gasteiger partial charge in [0.05, 0.1) is 5.56 Å². The van der Waals surface area contributed by atoms with Gasteiger partial charge in [0.25, 0.3) is 15.9 Å². The van der Waals surface area contributed by atoms with E-state index >= 15 is 0 Å². The molecular weight excluding hydrogens is 506 g/mol. The van der Waals surface area contributed by atoms with Crippen molar-refractivity contribution >= 4 is 43.2 Å². The Labute approximate surface area is 202 Å². The molecule has 1 aromatic heterocycles. The summed E-state index contributed by atoms with van der Waals surface area (Å²) < 4.78 is 30.5. The van der Waals surface area contributed by atoms with E-state index in [0.717, 1.165) is 10.2 Å². The Morgan fingerprint density at radius 1 is 1.06 bits per heavy atom. The third-order valence-electron chi connectivity index (χ3n) is 5.86. The monoisotopic (exact) mass is 531 g/mol. The lowest BCUT2D eigenvalue weighted by molar-refractivity contribution is 0.102. The van der Waals surface area contributed by atoms with E-state index in [1.807, 2.05) is 12.1 Å². The van der Waals surface area contributed by atoms with Gasteiger partial charge in [0.2, 0.25) is 5.03 Å². The first-order valence-electron chi connectivity index (χ1n) is 10.6. The first-order chi connectivity index (χ1) is 15.7. The van der Waals surface area contributed by atoms with Crippen LogP contribution in [0, 0.1) is 13.8 Å². The van der Waals surface area contributed by atoms with Crippen LogP contribution >= 0.6 is 15.9 Å². The third kappa shape index (κ3) is 4.83. The number of hydrogen-bond donors (Lipinski definition) is 1. The van der Waals surface area contributed by atoms with Crippen LogP contribution in [0.5, 0.6) is 0 Å². The number of piperazine rings is 1. The standard InChI is InChI=1S/C23H26BrN5O3S/c1-16-6-4-9-21(17(16)2)28-10-12-29(13-11-28)33(31,32)23-20(15-27(3)26-23)22(30)25-19-8-5-7-18(24)14-19/h4-9,14-15H,10-13H2,1-3H3,(H,25,30). The molecule has 1 aliphatic rings. The van der Waals surface area contributed by atoms with Crippen molar-refractivity contribution in [2.45, 2.75) is 18.9 Å². The largest absolute Gasteiger partial charge is 0.369 e. The molecule has 174 valence electrons. The zero-order valence-corrected chi connectivity index (χ0v) is 21.1. The van der Waals surface area contributed by atoms with Gasteiger partial charge in [-0.05, 0) is 49.2 Å². The fourth-order valence-electron chi connectivity index (χ4n) is 3.95. The van der Waals surface area contributed by atoms with E-state index in [1.165, 1.54) is 26.3 Å². The minimum Gasteiger partial charge on any atom is -0.369 e. The molecule has 10 heteroatoms. The number of nitrogens with one attached hydrogen (secondary N) is 1. The number of hydrogen-bond acceptors (Lipinski definition) is 5. The number of nitrogens with zero attached hydrogens (tertiary/aromatic N) is 4. The highest BCUT2D eigenvalue weighted by molar-refractivity contribution is 9.10. The molecule has 33 heavy (non-hydrogen) atoms. The highest BCUT2D eigenvalue weighted by Gasteiger charge is 2.34. The van der Waals surface area contributed by atoms with E-state index in [2.05, 4.69) is 57.2 Å². The predicted octanol–water partition coefficient (Wildman–Crippen LogP) is 3.56. The number of rotatable bonds is 5. The maximum Gasteiger partial charge on any atom is 0.263 e. The van der Waals surface area contributed by atoms with E-state index < -0.39 is 15.9 Å². The summed E-state index contributed by atoms with van der Waals surface area (Å²) in [7, 11) is -2.33. The van der Waals surface area contributed by atoms with Crippen LogP contribution in [0.25, 0.3) is 0 Å². The number of benzene rings is 2. The molecular formula is C23H26BrN5O3S. The normalized spacial score (nSPS) is 15.0. The van der Waals surface area contributed by atoms with Crippen LogP contribution in [0.1, 0.15) is 21.5 Å².